The molecule has 0 atom stereocenters. The lowest BCUT2D eigenvalue weighted by Gasteiger charge is -2.24. The summed E-state index contributed by atoms with van der Waals surface area (Å²) in [6, 6.07) is 1.24. The van der Waals surface area contributed by atoms with Crippen LogP contribution in [0.2, 0.25) is 0 Å². The SMILES string of the molecule is COc1cc(C(C)(C)CO)c(F)c(OC)c1F. The fraction of sp³-hybridized carbons (Fsp3) is 0.500. The monoisotopic (exact) mass is 246 g/mol. The maximum absolute atomic E-state index is 14.0. The van der Waals surface area contributed by atoms with Gasteiger partial charge in [0.05, 0.1) is 20.8 Å². The average molecular weight is 246 g/mol. The fourth-order valence-electron chi connectivity index (χ4n) is 1.49. The summed E-state index contributed by atoms with van der Waals surface area (Å²) < 4.78 is 37.2. The molecule has 1 aromatic carbocycles. The van der Waals surface area contributed by atoms with Crippen LogP contribution in [0.1, 0.15) is 19.4 Å². The molecule has 3 nitrogen and oxygen atoms in total. The first-order valence-electron chi connectivity index (χ1n) is 5.10. The molecule has 0 radical (unpaired) electrons. The molecule has 0 bridgehead atoms. The smallest absolute Gasteiger partial charge is 0.209 e. The van der Waals surface area contributed by atoms with Gasteiger partial charge in [-0.1, -0.05) is 13.8 Å². The zero-order valence-corrected chi connectivity index (χ0v) is 10.3. The molecule has 96 valence electrons. The topological polar surface area (TPSA) is 38.7 Å². The molecule has 0 fully saturated rings. The third-order valence-electron chi connectivity index (χ3n) is 2.68. The highest BCUT2D eigenvalue weighted by atomic mass is 19.1. The van der Waals surface area contributed by atoms with Crippen LogP contribution in [0.15, 0.2) is 6.07 Å². The summed E-state index contributed by atoms with van der Waals surface area (Å²) in [5, 5.41) is 9.23. The molecule has 5 heteroatoms. The van der Waals surface area contributed by atoms with Crippen LogP contribution in [-0.4, -0.2) is 25.9 Å². The lowest BCUT2D eigenvalue weighted by Crippen LogP contribution is -2.24. The number of benzene rings is 1. The normalized spacial score (nSPS) is 11.5. The van der Waals surface area contributed by atoms with Crippen LogP contribution in [0.3, 0.4) is 0 Å². The summed E-state index contributed by atoms with van der Waals surface area (Å²) in [6.45, 7) is 3.01. The second kappa shape index (κ2) is 4.87. The van der Waals surface area contributed by atoms with Crippen LogP contribution < -0.4 is 9.47 Å². The second-order valence-electron chi connectivity index (χ2n) is 4.33. The van der Waals surface area contributed by atoms with Crippen molar-refractivity contribution in [3.05, 3.63) is 23.3 Å². The molecule has 0 unspecified atom stereocenters. The van der Waals surface area contributed by atoms with Gasteiger partial charge in [0.2, 0.25) is 5.82 Å². The van der Waals surface area contributed by atoms with Gasteiger partial charge in [0.1, 0.15) is 0 Å². The Morgan fingerprint density at radius 1 is 1.18 bits per heavy atom. The molecule has 0 spiro atoms. The maximum atomic E-state index is 14.0. The van der Waals surface area contributed by atoms with Crippen molar-refractivity contribution in [3.8, 4) is 11.5 Å². The lowest BCUT2D eigenvalue weighted by atomic mass is 9.85. The first-order valence-corrected chi connectivity index (χ1v) is 5.10. The van der Waals surface area contributed by atoms with Crippen molar-refractivity contribution in [2.75, 3.05) is 20.8 Å². The summed E-state index contributed by atoms with van der Waals surface area (Å²) in [6.07, 6.45) is 0. The number of hydrogen-bond acceptors (Lipinski definition) is 3. The van der Waals surface area contributed by atoms with Crippen molar-refractivity contribution in [2.45, 2.75) is 19.3 Å². The van der Waals surface area contributed by atoms with E-state index in [4.69, 9.17) is 4.74 Å². The van der Waals surface area contributed by atoms with Crippen LogP contribution in [0, 0.1) is 11.6 Å². The predicted molar refractivity (Wildman–Crippen MR) is 59.6 cm³/mol. The molecular formula is C12H16F2O3. The van der Waals surface area contributed by atoms with E-state index in [9.17, 15) is 13.9 Å². The van der Waals surface area contributed by atoms with Crippen LogP contribution in [0.5, 0.6) is 11.5 Å². The van der Waals surface area contributed by atoms with E-state index in [1.807, 2.05) is 0 Å². The molecule has 0 aliphatic heterocycles. The largest absolute Gasteiger partial charge is 0.494 e. The Morgan fingerprint density at radius 2 is 1.76 bits per heavy atom. The van der Waals surface area contributed by atoms with Crippen molar-refractivity contribution >= 4 is 0 Å². The van der Waals surface area contributed by atoms with E-state index in [1.54, 1.807) is 13.8 Å². The Balaban J connectivity index is 3.52. The van der Waals surface area contributed by atoms with Gasteiger partial charge in [-0.3, -0.25) is 0 Å². The number of halogens is 2. The Morgan fingerprint density at radius 3 is 2.18 bits per heavy atom. The van der Waals surface area contributed by atoms with Crippen LogP contribution in [0.25, 0.3) is 0 Å². The van der Waals surface area contributed by atoms with Gasteiger partial charge < -0.3 is 14.6 Å². The zero-order chi connectivity index (χ0) is 13.2. The van der Waals surface area contributed by atoms with Crippen molar-refractivity contribution in [1.29, 1.82) is 0 Å². The number of hydrogen-bond donors (Lipinski definition) is 1. The van der Waals surface area contributed by atoms with Gasteiger partial charge in [0.15, 0.2) is 17.3 Å². The van der Waals surface area contributed by atoms with E-state index >= 15 is 0 Å². The Bertz CT molecular complexity index is 417. The summed E-state index contributed by atoms with van der Waals surface area (Å²) in [7, 11) is 2.46. The van der Waals surface area contributed by atoms with Gasteiger partial charge in [-0.2, -0.15) is 4.39 Å². The van der Waals surface area contributed by atoms with Gasteiger partial charge in [0.25, 0.3) is 0 Å². The van der Waals surface area contributed by atoms with Crippen molar-refractivity contribution in [1.82, 2.24) is 0 Å². The van der Waals surface area contributed by atoms with Gasteiger partial charge in [-0.25, -0.2) is 4.39 Å². The number of ether oxygens (including phenoxy) is 2. The van der Waals surface area contributed by atoms with Crippen molar-refractivity contribution in [2.24, 2.45) is 0 Å². The van der Waals surface area contributed by atoms with Crippen LogP contribution >= 0.6 is 0 Å². The van der Waals surface area contributed by atoms with E-state index < -0.39 is 22.8 Å². The van der Waals surface area contributed by atoms with E-state index in [-0.39, 0.29) is 17.9 Å². The highest BCUT2D eigenvalue weighted by Crippen LogP contribution is 2.37. The molecule has 1 N–H and O–H groups in total. The number of aliphatic hydroxyl groups excluding tert-OH is 1. The number of methoxy groups -OCH3 is 2. The van der Waals surface area contributed by atoms with E-state index in [2.05, 4.69) is 4.74 Å². The van der Waals surface area contributed by atoms with Gasteiger partial charge in [-0.15, -0.1) is 0 Å². The number of aliphatic hydroxyl groups is 1. The average Bonchev–Trinajstić information content (AvgIpc) is 2.29. The summed E-state index contributed by atoms with van der Waals surface area (Å²) >= 11 is 0. The van der Waals surface area contributed by atoms with E-state index in [0.29, 0.717) is 0 Å². The van der Waals surface area contributed by atoms with Gasteiger partial charge in [-0.05, 0) is 6.07 Å². The Hall–Kier alpha value is -1.36. The third kappa shape index (κ3) is 2.34. The molecular weight excluding hydrogens is 230 g/mol. The highest BCUT2D eigenvalue weighted by Gasteiger charge is 2.29. The molecule has 0 amide bonds. The second-order valence-corrected chi connectivity index (χ2v) is 4.33. The highest BCUT2D eigenvalue weighted by molar-refractivity contribution is 5.44. The standard InChI is InChI=1S/C12H16F2O3/c1-12(2,6-15)7-5-8(16-3)10(14)11(17-4)9(7)13/h5,15H,6H2,1-4H3. The minimum Gasteiger partial charge on any atom is -0.494 e. The maximum Gasteiger partial charge on any atom is 0.209 e. The minimum atomic E-state index is -0.884. The molecule has 1 aromatic rings. The molecule has 1 rings (SSSR count). The quantitative estimate of drug-likeness (QED) is 0.885. The van der Waals surface area contributed by atoms with E-state index in [1.165, 1.54) is 20.3 Å². The van der Waals surface area contributed by atoms with Crippen molar-refractivity contribution < 1.29 is 23.4 Å². The zero-order valence-electron chi connectivity index (χ0n) is 10.3. The van der Waals surface area contributed by atoms with Crippen molar-refractivity contribution in [3.63, 3.8) is 0 Å². The molecule has 0 aromatic heterocycles. The predicted octanol–water partition coefficient (Wildman–Crippen LogP) is 2.25. The first kappa shape index (κ1) is 13.7. The van der Waals surface area contributed by atoms with Gasteiger partial charge >= 0.3 is 0 Å². The van der Waals surface area contributed by atoms with E-state index in [0.717, 1.165) is 0 Å². The fourth-order valence-corrected chi connectivity index (χ4v) is 1.49. The molecule has 0 saturated carbocycles. The lowest BCUT2D eigenvalue weighted by molar-refractivity contribution is 0.212. The van der Waals surface area contributed by atoms with Crippen LogP contribution in [0.4, 0.5) is 8.78 Å². The van der Waals surface area contributed by atoms with Crippen LogP contribution in [-0.2, 0) is 5.41 Å². The minimum absolute atomic E-state index is 0.111. The molecule has 0 heterocycles. The molecule has 17 heavy (non-hydrogen) atoms. The number of rotatable bonds is 4. The molecule has 0 saturated heterocycles. The summed E-state index contributed by atoms with van der Waals surface area (Å²) in [5.41, 5.74) is -0.701. The Labute approximate surface area is 99.0 Å². The van der Waals surface area contributed by atoms with Gasteiger partial charge in [0, 0.05) is 11.0 Å². The summed E-state index contributed by atoms with van der Waals surface area (Å²) in [5.74, 6) is -2.31. The summed E-state index contributed by atoms with van der Waals surface area (Å²) in [4.78, 5) is 0. The third-order valence-corrected chi connectivity index (χ3v) is 2.68. The molecule has 0 aliphatic carbocycles. The Kier molecular flexibility index (Phi) is 3.93. The molecule has 0 aliphatic rings. The first-order chi connectivity index (χ1) is 7.88.